The Morgan fingerprint density at radius 2 is 1.81 bits per heavy atom. The lowest BCUT2D eigenvalue weighted by molar-refractivity contribution is 0.677. The highest BCUT2D eigenvalue weighted by Crippen LogP contribution is 2.24. The lowest BCUT2D eigenvalue weighted by Gasteiger charge is -2.10. The van der Waals surface area contributed by atoms with Crippen LogP contribution in [-0.2, 0) is 6.54 Å². The number of thiazole rings is 1. The van der Waals surface area contributed by atoms with Gasteiger partial charge in [-0.05, 0) is 31.2 Å². The lowest BCUT2D eigenvalue weighted by atomic mass is 10.1. The van der Waals surface area contributed by atoms with Crippen molar-refractivity contribution in [3.05, 3.63) is 64.7 Å². The van der Waals surface area contributed by atoms with E-state index in [1.165, 1.54) is 0 Å². The lowest BCUT2D eigenvalue weighted by Crippen LogP contribution is -2.11. The quantitative estimate of drug-likeness (QED) is 0.529. The van der Waals surface area contributed by atoms with E-state index in [1.807, 2.05) is 67.1 Å². The van der Waals surface area contributed by atoms with Crippen LogP contribution in [0.1, 0.15) is 10.7 Å². The topological polar surface area (TPSA) is 59.7 Å². The van der Waals surface area contributed by atoms with Gasteiger partial charge in [-0.25, -0.2) is 4.98 Å². The molecule has 0 aliphatic heterocycles. The van der Waals surface area contributed by atoms with Crippen LogP contribution in [-0.4, -0.2) is 39.1 Å². The Morgan fingerprint density at radius 1 is 1.00 bits per heavy atom. The zero-order chi connectivity index (χ0) is 18.8. The number of hydrogen-bond acceptors (Lipinski definition) is 6. The molecule has 6 nitrogen and oxygen atoms in total. The maximum Gasteiger partial charge on any atom is 0.150 e. The second-order valence-electron chi connectivity index (χ2n) is 6.51. The largest absolute Gasteiger partial charge is 0.361 e. The van der Waals surface area contributed by atoms with Crippen molar-refractivity contribution in [2.45, 2.75) is 13.5 Å². The van der Waals surface area contributed by atoms with Crippen molar-refractivity contribution in [2.24, 2.45) is 0 Å². The van der Waals surface area contributed by atoms with E-state index in [1.54, 1.807) is 11.3 Å². The zero-order valence-electron chi connectivity index (χ0n) is 15.5. The fourth-order valence-corrected chi connectivity index (χ4v) is 3.41. The van der Waals surface area contributed by atoms with Gasteiger partial charge in [-0.2, -0.15) is 5.10 Å². The van der Waals surface area contributed by atoms with E-state index >= 15 is 0 Å². The number of rotatable bonds is 5. The van der Waals surface area contributed by atoms with Crippen LogP contribution in [0.5, 0.6) is 0 Å². The number of nitrogens with zero attached hydrogens (tertiary/aromatic N) is 6. The first kappa shape index (κ1) is 17.4. The molecule has 0 unspecified atom stereocenters. The molecule has 0 radical (unpaired) electrons. The first-order valence-electron chi connectivity index (χ1n) is 8.65. The van der Waals surface area contributed by atoms with Gasteiger partial charge in [0.25, 0.3) is 0 Å². The molecule has 0 fully saturated rings. The molecular formula is C20H20N6S. The third kappa shape index (κ3) is 3.88. The highest BCUT2D eigenvalue weighted by Gasteiger charge is 2.08. The molecule has 0 amide bonds. The van der Waals surface area contributed by atoms with Crippen LogP contribution in [0.25, 0.3) is 22.5 Å². The van der Waals surface area contributed by atoms with Gasteiger partial charge in [0.15, 0.2) is 5.82 Å². The summed E-state index contributed by atoms with van der Waals surface area (Å²) in [6, 6.07) is 14.2. The fraction of sp³-hybridized carbons (Fsp3) is 0.200. The molecule has 0 aliphatic carbocycles. The minimum absolute atomic E-state index is 0.682. The van der Waals surface area contributed by atoms with E-state index in [0.29, 0.717) is 6.54 Å². The Morgan fingerprint density at radius 3 is 2.48 bits per heavy atom. The van der Waals surface area contributed by atoms with Crippen LogP contribution in [0.2, 0.25) is 0 Å². The summed E-state index contributed by atoms with van der Waals surface area (Å²) in [6.07, 6.45) is 1.99. The van der Waals surface area contributed by atoms with E-state index in [9.17, 15) is 0 Å². The molecule has 7 heteroatoms. The van der Waals surface area contributed by atoms with Gasteiger partial charge < -0.3 is 4.90 Å². The summed E-state index contributed by atoms with van der Waals surface area (Å²) in [4.78, 5) is 6.43. The van der Waals surface area contributed by atoms with Crippen molar-refractivity contribution in [3.63, 3.8) is 0 Å². The smallest absolute Gasteiger partial charge is 0.150 e. The minimum atomic E-state index is 0.682. The Balaban J connectivity index is 1.57. The Bertz CT molecular complexity index is 1050. The molecule has 0 saturated carbocycles. The first-order chi connectivity index (χ1) is 13.1. The molecule has 4 rings (SSSR count). The number of benzene rings is 1. The van der Waals surface area contributed by atoms with Crippen molar-refractivity contribution in [2.75, 3.05) is 19.0 Å². The van der Waals surface area contributed by atoms with E-state index < -0.39 is 0 Å². The molecule has 1 aromatic carbocycles. The zero-order valence-corrected chi connectivity index (χ0v) is 16.3. The third-order valence-electron chi connectivity index (χ3n) is 4.19. The van der Waals surface area contributed by atoms with E-state index in [4.69, 9.17) is 5.10 Å². The molecule has 0 saturated heterocycles. The average Bonchev–Trinajstić information content (AvgIpc) is 3.31. The summed E-state index contributed by atoms with van der Waals surface area (Å²) in [5.74, 6) is 0.839. The summed E-state index contributed by atoms with van der Waals surface area (Å²) < 4.78 is 1.92. The SMILES string of the molecule is Cc1nc(Cn2ccc(-c3cccc(-c4ccc(N(C)C)nn4)c3)n2)cs1. The Hall–Kier alpha value is -3.06. The number of aryl methyl sites for hydroxylation is 1. The third-order valence-corrected chi connectivity index (χ3v) is 5.02. The molecule has 27 heavy (non-hydrogen) atoms. The predicted octanol–water partition coefficient (Wildman–Crippen LogP) is 3.89. The molecule has 0 aliphatic rings. The number of aromatic nitrogens is 5. The van der Waals surface area contributed by atoms with Gasteiger partial charge in [0.1, 0.15) is 0 Å². The minimum Gasteiger partial charge on any atom is -0.361 e. The Labute approximate surface area is 162 Å². The molecule has 0 spiro atoms. The highest BCUT2D eigenvalue weighted by atomic mass is 32.1. The van der Waals surface area contributed by atoms with Crippen molar-refractivity contribution in [3.8, 4) is 22.5 Å². The van der Waals surface area contributed by atoms with Crippen LogP contribution in [0.4, 0.5) is 5.82 Å². The summed E-state index contributed by atoms with van der Waals surface area (Å²) in [6.45, 7) is 2.70. The van der Waals surface area contributed by atoms with E-state index in [-0.39, 0.29) is 0 Å². The first-order valence-corrected chi connectivity index (χ1v) is 9.53. The van der Waals surface area contributed by atoms with Gasteiger partial charge >= 0.3 is 0 Å². The molecule has 0 atom stereocenters. The van der Waals surface area contributed by atoms with Gasteiger partial charge in [0.05, 0.1) is 28.6 Å². The molecule has 3 aromatic heterocycles. The molecular weight excluding hydrogens is 356 g/mol. The standard InChI is InChI=1S/C20H20N6S/c1-14-21-17(13-27-14)12-26-10-9-19(24-26)16-6-4-5-15(11-16)18-7-8-20(23-22-18)25(2)3/h4-11,13H,12H2,1-3H3. The highest BCUT2D eigenvalue weighted by molar-refractivity contribution is 7.09. The van der Waals surface area contributed by atoms with Crippen LogP contribution in [0.15, 0.2) is 54.0 Å². The van der Waals surface area contributed by atoms with Gasteiger partial charge in [-0.3, -0.25) is 4.68 Å². The van der Waals surface area contributed by atoms with Crippen molar-refractivity contribution in [1.29, 1.82) is 0 Å². The van der Waals surface area contributed by atoms with Gasteiger partial charge in [0.2, 0.25) is 0 Å². The monoisotopic (exact) mass is 376 g/mol. The predicted molar refractivity (Wildman–Crippen MR) is 109 cm³/mol. The molecule has 0 N–H and O–H groups in total. The maximum absolute atomic E-state index is 4.70. The van der Waals surface area contributed by atoms with Crippen molar-refractivity contribution >= 4 is 17.2 Å². The van der Waals surface area contributed by atoms with Crippen LogP contribution < -0.4 is 4.90 Å². The van der Waals surface area contributed by atoms with Gasteiger partial charge in [-0.1, -0.05) is 18.2 Å². The Kier molecular flexibility index (Phi) is 4.68. The molecule has 0 bridgehead atoms. The normalized spacial score (nSPS) is 10.9. The number of hydrogen-bond donors (Lipinski definition) is 0. The second-order valence-corrected chi connectivity index (χ2v) is 7.57. The summed E-state index contributed by atoms with van der Waals surface area (Å²) in [5.41, 5.74) is 4.90. The maximum atomic E-state index is 4.70. The van der Waals surface area contributed by atoms with Crippen LogP contribution >= 0.6 is 11.3 Å². The van der Waals surface area contributed by atoms with Gasteiger partial charge in [0, 0.05) is 36.8 Å². The number of anilines is 1. The average molecular weight is 376 g/mol. The summed E-state index contributed by atoms with van der Waals surface area (Å²) >= 11 is 1.66. The van der Waals surface area contributed by atoms with Crippen LogP contribution in [0.3, 0.4) is 0 Å². The van der Waals surface area contributed by atoms with Crippen molar-refractivity contribution in [1.82, 2.24) is 25.0 Å². The molecule has 3 heterocycles. The van der Waals surface area contributed by atoms with Crippen LogP contribution in [0, 0.1) is 6.92 Å². The van der Waals surface area contributed by atoms with Crippen molar-refractivity contribution < 1.29 is 0 Å². The second kappa shape index (κ2) is 7.28. The van der Waals surface area contributed by atoms with E-state index in [0.717, 1.165) is 39.0 Å². The summed E-state index contributed by atoms with van der Waals surface area (Å²) in [5, 5.41) is 16.5. The molecule has 4 aromatic rings. The molecule has 136 valence electrons. The summed E-state index contributed by atoms with van der Waals surface area (Å²) in [7, 11) is 3.90. The van der Waals surface area contributed by atoms with E-state index in [2.05, 4.69) is 32.7 Å². The fourth-order valence-electron chi connectivity index (χ4n) is 2.81. The van der Waals surface area contributed by atoms with Gasteiger partial charge in [-0.15, -0.1) is 21.5 Å².